The van der Waals surface area contributed by atoms with Gasteiger partial charge in [0, 0.05) is 38.0 Å². The van der Waals surface area contributed by atoms with Crippen LogP contribution in [0.25, 0.3) is 131 Å². The van der Waals surface area contributed by atoms with Crippen molar-refractivity contribution in [1.82, 2.24) is 0 Å². The Morgan fingerprint density at radius 2 is 0.549 bits per heavy atom. The second-order valence-electron chi connectivity index (χ2n) is 30.3. The molecule has 0 amide bonds. The van der Waals surface area contributed by atoms with Crippen LogP contribution < -0.4 is 10.2 Å². The van der Waals surface area contributed by atoms with Gasteiger partial charge < -0.3 is 10.2 Å². The summed E-state index contributed by atoms with van der Waals surface area (Å²) in [5.41, 5.74) is 31.5. The lowest BCUT2D eigenvalue weighted by Crippen LogP contribution is -2.25. The average molecular weight is 1500 g/mol. The van der Waals surface area contributed by atoms with Gasteiger partial charge in [0.2, 0.25) is 0 Å². The third-order valence-corrected chi connectivity index (χ3v) is 24.9. The second kappa shape index (κ2) is 26.7. The zero-order valence-electron chi connectivity index (χ0n) is 61.7. The van der Waals surface area contributed by atoms with Crippen molar-refractivity contribution in [2.75, 3.05) is 10.2 Å². The molecule has 3 heteroatoms. The van der Waals surface area contributed by atoms with E-state index < -0.39 is 5.41 Å². The molecule has 2 nitrogen and oxygen atoms in total. The molecular weight excluding hydrogens is 1430 g/mol. The molecule has 0 fully saturated rings. The van der Waals surface area contributed by atoms with E-state index in [9.17, 15) is 0 Å². The lowest BCUT2D eigenvalue weighted by Gasteiger charge is -2.31. The predicted molar refractivity (Wildman–Crippen MR) is 480 cm³/mol. The van der Waals surface area contributed by atoms with Gasteiger partial charge in [-0.15, -0.1) is 0 Å². The third-order valence-electron chi connectivity index (χ3n) is 24.4. The molecule has 2 unspecified atom stereocenters. The van der Waals surface area contributed by atoms with Crippen molar-refractivity contribution in [1.29, 1.82) is 0 Å². The van der Waals surface area contributed by atoms with E-state index >= 15 is 0 Å². The van der Waals surface area contributed by atoms with E-state index in [1.54, 1.807) is 0 Å². The molecule has 20 aromatic carbocycles. The molecule has 0 heterocycles. The Morgan fingerprint density at radius 1 is 0.204 bits per heavy atom. The summed E-state index contributed by atoms with van der Waals surface area (Å²) in [4.78, 5) is 2.41. The summed E-state index contributed by atoms with van der Waals surface area (Å²) in [5, 5.41) is 18.6. The summed E-state index contributed by atoms with van der Waals surface area (Å²) in [7, 11) is 0. The number of hydrogen-bond donors (Lipinski definition) is 1. The molecule has 0 saturated heterocycles. The minimum absolute atomic E-state index is 0.326. The molecule has 4 aliphatic carbocycles. The van der Waals surface area contributed by atoms with Gasteiger partial charge in [-0.05, 0) is 262 Å². The lowest BCUT2D eigenvalue weighted by atomic mass is 9.70. The number of rotatable bonds is 7. The molecule has 0 bridgehead atoms. The lowest BCUT2D eigenvalue weighted by molar-refractivity contribution is 0.795. The van der Waals surface area contributed by atoms with Gasteiger partial charge in [-0.2, -0.15) is 0 Å². The van der Waals surface area contributed by atoms with Crippen LogP contribution in [0.3, 0.4) is 0 Å². The number of nitrogens with one attached hydrogen (secondary N) is 1. The summed E-state index contributed by atoms with van der Waals surface area (Å²) in [6.07, 6.45) is 0. The average Bonchev–Trinajstić information content (AvgIpc) is 1.51. The van der Waals surface area contributed by atoms with E-state index in [4.69, 9.17) is 0 Å². The predicted octanol–water partition coefficient (Wildman–Crippen LogP) is 30.0. The third kappa shape index (κ3) is 10.6. The summed E-state index contributed by atoms with van der Waals surface area (Å²) in [6.45, 7) is 0. The van der Waals surface area contributed by atoms with Gasteiger partial charge in [0.1, 0.15) is 0 Å². The smallest absolute Gasteiger partial charge is 0.0725 e. The molecule has 0 aromatic heterocycles. The maximum absolute atomic E-state index is 3.59. The highest BCUT2D eigenvalue weighted by atomic mass is 79.9. The van der Waals surface area contributed by atoms with Crippen LogP contribution in [0, 0.1) is 0 Å². The van der Waals surface area contributed by atoms with E-state index in [-0.39, 0.29) is 5.41 Å². The van der Waals surface area contributed by atoms with Crippen molar-refractivity contribution in [3.63, 3.8) is 0 Å². The molecule has 24 rings (SSSR count). The van der Waals surface area contributed by atoms with Gasteiger partial charge in [-0.1, -0.05) is 344 Å². The van der Waals surface area contributed by atoms with Crippen LogP contribution in [0.2, 0.25) is 0 Å². The molecule has 4 aliphatic rings. The minimum atomic E-state index is -0.404. The van der Waals surface area contributed by atoms with E-state index in [0.29, 0.717) is 0 Å². The first-order valence-electron chi connectivity index (χ1n) is 39.0. The highest BCUT2D eigenvalue weighted by Gasteiger charge is 2.53. The zero-order valence-corrected chi connectivity index (χ0v) is 63.3. The number of fused-ring (bicyclic) bond motifs is 26. The van der Waals surface area contributed by atoms with Crippen molar-refractivity contribution in [2.24, 2.45) is 0 Å². The van der Waals surface area contributed by atoms with Crippen molar-refractivity contribution in [3.8, 4) is 66.8 Å². The molecular formula is C110H71BrN2. The SMILES string of the molecule is Brc1ccc(-c2ccc3c(c2)C2(c4ccccc4-3)c3ccccc3-c3cc4ccccc4cc32)cc1.c1ccc2c(c1)-c1ccc(-c3ccc(N(c4ccc5ccccc5c4)c4cccc5ccccc45)cc3)cc1C21c2ccccc2-c2cc3ccccc3cc21.c1ccc2cc(Nc3cccc4ccccc34)ccc2c1. The van der Waals surface area contributed by atoms with Crippen LogP contribution in [0.5, 0.6) is 0 Å². The number of nitrogens with zero attached hydrogens (tertiary/aromatic N) is 1. The Morgan fingerprint density at radius 3 is 1.06 bits per heavy atom. The Kier molecular flexibility index (Phi) is 15.6. The highest BCUT2D eigenvalue weighted by Crippen LogP contribution is 2.66. The molecule has 528 valence electrons. The van der Waals surface area contributed by atoms with Gasteiger partial charge in [-0.25, -0.2) is 0 Å². The molecule has 2 atom stereocenters. The molecule has 2 spiro atoms. The van der Waals surface area contributed by atoms with Crippen LogP contribution in [-0.4, -0.2) is 0 Å². The summed E-state index contributed by atoms with van der Waals surface area (Å²) in [5.74, 6) is 0. The standard InChI is InChI=1S/C55H35N.C35H21Br.C20H15N/c1-2-14-39-32-44(30-26-36(39)12-1)56(54-23-11-17-38-13-5-6-18-45(38)54)43-28-24-37(25-29-43)42-27-31-48-46-19-7-9-21-50(46)55(52(48)35-42)51-22-10-8-20-47(51)49-33-40-15-3-4-16-41(40)34-53(49)55;36-26-16-13-22(14-17-26)25-15-18-29-27-9-3-5-11-31(27)35(33(29)21-25)32-12-6-4-10-28(32)30-19-23-7-1-2-8-24(23)20-34(30)35;1-2-8-17-14-18(13-12-15(17)6-1)21-20-11-5-9-16-7-3-4-10-19(16)20/h1-35H;1-21H;1-14,21H. The van der Waals surface area contributed by atoms with E-state index in [2.05, 4.69) is 451 Å². The Hall–Kier alpha value is -14.0. The van der Waals surface area contributed by atoms with Crippen molar-refractivity contribution < 1.29 is 0 Å². The van der Waals surface area contributed by atoms with Crippen LogP contribution in [0.4, 0.5) is 28.4 Å². The first-order chi connectivity index (χ1) is 55.9. The molecule has 1 N–H and O–H groups in total. The van der Waals surface area contributed by atoms with Crippen LogP contribution >= 0.6 is 15.9 Å². The summed E-state index contributed by atoms with van der Waals surface area (Å²) < 4.78 is 1.10. The van der Waals surface area contributed by atoms with Crippen molar-refractivity contribution in [2.45, 2.75) is 10.8 Å². The quantitative estimate of drug-likeness (QED) is 0.171. The topological polar surface area (TPSA) is 15.3 Å². The van der Waals surface area contributed by atoms with Gasteiger partial charge in [0.25, 0.3) is 0 Å². The number of hydrogen-bond acceptors (Lipinski definition) is 2. The second-order valence-corrected chi connectivity index (χ2v) is 31.2. The number of halogens is 1. The summed E-state index contributed by atoms with van der Waals surface area (Å²) in [6, 6.07) is 156. The van der Waals surface area contributed by atoms with Crippen molar-refractivity contribution in [3.05, 3.63) is 474 Å². The van der Waals surface area contributed by atoms with Crippen LogP contribution in [0.1, 0.15) is 44.5 Å². The fraction of sp³-hybridized carbons (Fsp3) is 0.0182. The molecule has 0 radical (unpaired) electrons. The van der Waals surface area contributed by atoms with Gasteiger partial charge in [0.05, 0.1) is 16.5 Å². The van der Waals surface area contributed by atoms with Gasteiger partial charge in [0.15, 0.2) is 0 Å². The Balaban J connectivity index is 0.000000116. The monoisotopic (exact) mass is 1500 g/mol. The number of anilines is 5. The first kappa shape index (κ1) is 66.1. The van der Waals surface area contributed by atoms with Gasteiger partial charge >= 0.3 is 0 Å². The highest BCUT2D eigenvalue weighted by molar-refractivity contribution is 9.10. The summed E-state index contributed by atoms with van der Waals surface area (Å²) >= 11 is 3.59. The van der Waals surface area contributed by atoms with E-state index in [0.717, 1.165) is 32.9 Å². The molecule has 0 saturated carbocycles. The van der Waals surface area contributed by atoms with E-state index in [1.807, 2.05) is 0 Å². The molecule has 0 aliphatic heterocycles. The largest absolute Gasteiger partial charge is 0.355 e. The fourth-order valence-corrected chi connectivity index (χ4v) is 19.6. The number of benzene rings is 20. The van der Waals surface area contributed by atoms with Crippen LogP contribution in [0.15, 0.2) is 429 Å². The van der Waals surface area contributed by atoms with E-state index in [1.165, 1.54) is 176 Å². The molecule has 113 heavy (non-hydrogen) atoms. The zero-order chi connectivity index (χ0) is 74.7. The fourth-order valence-electron chi connectivity index (χ4n) is 19.4. The Labute approximate surface area is 665 Å². The maximum atomic E-state index is 3.59. The van der Waals surface area contributed by atoms with Gasteiger partial charge in [-0.3, -0.25) is 0 Å². The van der Waals surface area contributed by atoms with Crippen molar-refractivity contribution >= 4 is 109 Å². The minimum Gasteiger partial charge on any atom is -0.355 e. The maximum Gasteiger partial charge on any atom is 0.0725 e. The first-order valence-corrected chi connectivity index (χ1v) is 39.8. The molecule has 20 aromatic rings. The Bertz CT molecular complexity index is 7250. The van der Waals surface area contributed by atoms with Crippen LogP contribution in [-0.2, 0) is 10.8 Å². The normalized spacial score (nSPS) is 14.7.